The Hall–Kier alpha value is -6.46. The van der Waals surface area contributed by atoms with Crippen molar-refractivity contribution in [1.82, 2.24) is 19.1 Å². The van der Waals surface area contributed by atoms with Crippen LogP contribution >= 0.6 is 0 Å². The van der Waals surface area contributed by atoms with Crippen molar-refractivity contribution >= 4 is 87.4 Å². The third-order valence-corrected chi connectivity index (χ3v) is 9.76. The average Bonchev–Trinajstić information content (AvgIpc) is 3.78. The molecular formula is C42H24N4O. The zero-order valence-electron chi connectivity index (χ0n) is 25.1. The molecule has 0 unspecified atom stereocenters. The molecule has 0 radical (unpaired) electrons. The summed E-state index contributed by atoms with van der Waals surface area (Å²) in [4.78, 5) is 10.1. The average molecular weight is 601 g/mol. The Morgan fingerprint density at radius 1 is 0.468 bits per heavy atom. The lowest BCUT2D eigenvalue weighted by Gasteiger charge is -2.08. The molecule has 0 amide bonds. The maximum Gasteiger partial charge on any atom is 0.248 e. The van der Waals surface area contributed by atoms with Gasteiger partial charge in [0.2, 0.25) is 5.71 Å². The van der Waals surface area contributed by atoms with Crippen LogP contribution in [0.1, 0.15) is 0 Å². The number of hydrogen-bond acceptors (Lipinski definition) is 3. The van der Waals surface area contributed by atoms with E-state index in [1.54, 1.807) is 0 Å². The van der Waals surface area contributed by atoms with Gasteiger partial charge in [-0.2, -0.15) is 4.98 Å². The van der Waals surface area contributed by atoms with Crippen molar-refractivity contribution < 1.29 is 4.42 Å². The van der Waals surface area contributed by atoms with Crippen LogP contribution in [0, 0.1) is 0 Å². The predicted molar refractivity (Wildman–Crippen MR) is 193 cm³/mol. The van der Waals surface area contributed by atoms with Gasteiger partial charge >= 0.3 is 0 Å². The Morgan fingerprint density at radius 2 is 1.04 bits per heavy atom. The Balaban J connectivity index is 1.14. The number of nitrogens with zero attached hydrogens (tertiary/aromatic N) is 4. The van der Waals surface area contributed by atoms with Gasteiger partial charge in [0.05, 0.1) is 33.6 Å². The number of aromatic nitrogens is 4. The molecule has 0 N–H and O–H groups in total. The molecule has 0 atom stereocenters. The lowest BCUT2D eigenvalue weighted by atomic mass is 10.0. The standard InChI is InChI=1S/C42H24N4O/c1-3-11-28-25(9-1)17-20-35-39(28)30-13-5-7-15-33(30)45(35)27-19-22-37-32(23-27)41-42(47-37)44-38(24-43-41)46-34-16-8-6-14-31(34)40-29-12-4-2-10-26(29)18-21-36(40)46/h1-24H. The first-order valence-corrected chi connectivity index (χ1v) is 15.8. The molecule has 11 aromatic rings. The Labute approximate surface area is 267 Å². The summed E-state index contributed by atoms with van der Waals surface area (Å²) in [5, 5.41) is 10.8. The Bertz CT molecular complexity index is 3090. The van der Waals surface area contributed by atoms with Gasteiger partial charge in [0.1, 0.15) is 11.1 Å². The second-order valence-electron chi connectivity index (χ2n) is 12.2. The fraction of sp³-hybridized carbons (Fsp3) is 0. The summed E-state index contributed by atoms with van der Waals surface area (Å²) in [5.41, 5.74) is 7.61. The molecule has 0 aliphatic rings. The highest BCUT2D eigenvalue weighted by Gasteiger charge is 2.19. The summed E-state index contributed by atoms with van der Waals surface area (Å²) in [6.45, 7) is 0. The summed E-state index contributed by atoms with van der Waals surface area (Å²) >= 11 is 0. The van der Waals surface area contributed by atoms with Crippen LogP contribution in [0.15, 0.2) is 150 Å². The molecule has 5 nitrogen and oxygen atoms in total. The Kier molecular flexibility index (Phi) is 4.78. The van der Waals surface area contributed by atoms with Crippen LogP contribution in [-0.4, -0.2) is 19.1 Å². The molecule has 218 valence electrons. The zero-order chi connectivity index (χ0) is 30.6. The van der Waals surface area contributed by atoms with Crippen molar-refractivity contribution in [3.05, 3.63) is 146 Å². The van der Waals surface area contributed by atoms with E-state index in [1.165, 1.54) is 54.1 Å². The number of para-hydroxylation sites is 2. The highest BCUT2D eigenvalue weighted by molar-refractivity contribution is 6.22. The Morgan fingerprint density at radius 3 is 1.72 bits per heavy atom. The molecule has 0 bridgehead atoms. The quantitative estimate of drug-likeness (QED) is 0.198. The molecular weight excluding hydrogens is 576 g/mol. The van der Waals surface area contributed by atoms with E-state index in [0.29, 0.717) is 5.71 Å². The van der Waals surface area contributed by atoms with E-state index in [-0.39, 0.29) is 0 Å². The van der Waals surface area contributed by atoms with Crippen LogP contribution in [0.5, 0.6) is 0 Å². The number of fused-ring (bicyclic) bond motifs is 13. The molecule has 4 heterocycles. The van der Waals surface area contributed by atoms with Gasteiger partial charge in [-0.05, 0) is 64.0 Å². The lowest BCUT2D eigenvalue weighted by Crippen LogP contribution is -1.98. The minimum atomic E-state index is 0.523. The fourth-order valence-corrected chi connectivity index (χ4v) is 7.77. The minimum absolute atomic E-state index is 0.523. The predicted octanol–water partition coefficient (Wildman–Crippen LogP) is 10.9. The number of benzene rings is 7. The lowest BCUT2D eigenvalue weighted by molar-refractivity contribution is 0.651. The first-order chi connectivity index (χ1) is 23.3. The van der Waals surface area contributed by atoms with Crippen LogP contribution in [-0.2, 0) is 0 Å². The maximum absolute atomic E-state index is 6.39. The second-order valence-corrected chi connectivity index (χ2v) is 12.2. The van der Waals surface area contributed by atoms with Crippen LogP contribution in [0.4, 0.5) is 0 Å². The van der Waals surface area contributed by atoms with Crippen LogP contribution < -0.4 is 0 Å². The third kappa shape index (κ3) is 3.32. The van der Waals surface area contributed by atoms with E-state index in [4.69, 9.17) is 14.4 Å². The SMILES string of the molecule is c1ccc2c(c1)ccc1c2c2ccccc2n1-c1ccc2oc3nc(-n4c5ccccc5c5c6ccccc6ccc54)cnc3c2c1. The molecule has 0 fully saturated rings. The topological polar surface area (TPSA) is 48.8 Å². The van der Waals surface area contributed by atoms with E-state index in [0.717, 1.165) is 39.0 Å². The molecule has 11 rings (SSSR count). The molecule has 0 saturated carbocycles. The number of furan rings is 1. The monoisotopic (exact) mass is 600 g/mol. The van der Waals surface area contributed by atoms with Gasteiger partial charge in [0.25, 0.3) is 0 Å². The van der Waals surface area contributed by atoms with Crippen molar-refractivity contribution in [3.63, 3.8) is 0 Å². The van der Waals surface area contributed by atoms with E-state index < -0.39 is 0 Å². The van der Waals surface area contributed by atoms with Crippen LogP contribution in [0.25, 0.3) is 98.9 Å². The van der Waals surface area contributed by atoms with Crippen molar-refractivity contribution in [2.75, 3.05) is 0 Å². The summed E-state index contributed by atoms with van der Waals surface area (Å²) < 4.78 is 10.9. The highest BCUT2D eigenvalue weighted by Crippen LogP contribution is 2.39. The van der Waals surface area contributed by atoms with Crippen molar-refractivity contribution in [3.8, 4) is 11.5 Å². The van der Waals surface area contributed by atoms with Crippen molar-refractivity contribution in [2.24, 2.45) is 0 Å². The van der Waals surface area contributed by atoms with E-state index in [1.807, 2.05) is 12.3 Å². The molecule has 5 heteroatoms. The summed E-state index contributed by atoms with van der Waals surface area (Å²) in [5.74, 6) is 0.729. The molecule has 7 aromatic carbocycles. The molecule has 4 aromatic heterocycles. The fourth-order valence-electron chi connectivity index (χ4n) is 7.77. The second kappa shape index (κ2) is 9.05. The molecule has 47 heavy (non-hydrogen) atoms. The maximum atomic E-state index is 6.39. The van der Waals surface area contributed by atoms with E-state index in [9.17, 15) is 0 Å². The normalized spacial score (nSPS) is 12.3. The largest absolute Gasteiger partial charge is 0.436 e. The molecule has 0 spiro atoms. The summed E-state index contributed by atoms with van der Waals surface area (Å²) in [7, 11) is 0. The number of hydrogen-bond donors (Lipinski definition) is 0. The minimum Gasteiger partial charge on any atom is -0.436 e. The van der Waals surface area contributed by atoms with Gasteiger partial charge in [-0.15, -0.1) is 0 Å². The van der Waals surface area contributed by atoms with Crippen molar-refractivity contribution in [1.29, 1.82) is 0 Å². The smallest absolute Gasteiger partial charge is 0.248 e. The van der Waals surface area contributed by atoms with Crippen LogP contribution in [0.3, 0.4) is 0 Å². The molecule has 0 aliphatic heterocycles. The van der Waals surface area contributed by atoms with E-state index in [2.05, 4.69) is 143 Å². The summed E-state index contributed by atoms with van der Waals surface area (Å²) in [6.07, 6.45) is 1.87. The van der Waals surface area contributed by atoms with Gasteiger partial charge < -0.3 is 8.98 Å². The molecule has 0 saturated heterocycles. The van der Waals surface area contributed by atoms with Gasteiger partial charge in [-0.1, -0.05) is 97.1 Å². The highest BCUT2D eigenvalue weighted by atomic mass is 16.3. The first-order valence-electron chi connectivity index (χ1n) is 15.8. The number of rotatable bonds is 2. The van der Waals surface area contributed by atoms with E-state index >= 15 is 0 Å². The van der Waals surface area contributed by atoms with Gasteiger partial charge in [-0.25, -0.2) is 4.98 Å². The van der Waals surface area contributed by atoms with Gasteiger partial charge in [-0.3, -0.25) is 4.57 Å². The first kappa shape index (κ1) is 24.8. The molecule has 0 aliphatic carbocycles. The summed E-state index contributed by atoms with van der Waals surface area (Å²) in [6, 6.07) is 49.5. The van der Waals surface area contributed by atoms with Gasteiger partial charge in [0.15, 0.2) is 5.82 Å². The zero-order valence-corrected chi connectivity index (χ0v) is 25.1. The van der Waals surface area contributed by atoms with Crippen molar-refractivity contribution in [2.45, 2.75) is 0 Å². The van der Waals surface area contributed by atoms with Gasteiger partial charge in [0, 0.05) is 27.2 Å². The third-order valence-electron chi connectivity index (χ3n) is 9.76. The van der Waals surface area contributed by atoms with Crippen LogP contribution in [0.2, 0.25) is 0 Å².